The number of aromatic amines is 1. The summed E-state index contributed by atoms with van der Waals surface area (Å²) in [5.74, 6) is 2.06. The lowest BCUT2D eigenvalue weighted by Gasteiger charge is -2.52. The minimum Gasteiger partial charge on any atom is -0.327 e. The van der Waals surface area contributed by atoms with E-state index in [1.54, 1.807) is 22.1 Å². The second-order valence-electron chi connectivity index (χ2n) is 11.4. The van der Waals surface area contributed by atoms with E-state index in [1.165, 1.54) is 10.9 Å². The van der Waals surface area contributed by atoms with Gasteiger partial charge in [-0.25, -0.2) is 24.0 Å². The smallest absolute Gasteiger partial charge is 0.249 e. The summed E-state index contributed by atoms with van der Waals surface area (Å²) in [7, 11) is 0. The van der Waals surface area contributed by atoms with Crippen molar-refractivity contribution in [2.24, 2.45) is 0 Å². The number of hydrogen-bond donors (Lipinski definition) is 2. The summed E-state index contributed by atoms with van der Waals surface area (Å²) >= 11 is 0. The monoisotopic (exact) mass is 586 g/mol. The topological polar surface area (TPSA) is 138 Å². The Morgan fingerprint density at radius 1 is 1.12 bits per heavy atom. The maximum Gasteiger partial charge on any atom is 0.249 e. The molecular weight excluding hydrogens is 551 g/mol. The molecule has 0 radical (unpaired) electrons. The number of halogens is 1. The summed E-state index contributed by atoms with van der Waals surface area (Å²) in [6, 6.07) is 6.98. The van der Waals surface area contributed by atoms with Gasteiger partial charge in [-0.2, -0.15) is 10.2 Å². The second kappa shape index (κ2) is 11.2. The van der Waals surface area contributed by atoms with Crippen LogP contribution in [-0.4, -0.2) is 75.2 Å². The van der Waals surface area contributed by atoms with Crippen LogP contribution >= 0.6 is 0 Å². The zero-order chi connectivity index (χ0) is 30.3. The summed E-state index contributed by atoms with van der Waals surface area (Å²) in [5.41, 5.74) is 1.66. The molecule has 1 aliphatic heterocycles. The molecule has 0 aromatic carbocycles. The molecule has 1 atom stereocenters. The first-order valence-corrected chi connectivity index (χ1v) is 14.6. The molecule has 1 saturated carbocycles. The van der Waals surface area contributed by atoms with E-state index in [2.05, 4.69) is 25.6 Å². The van der Waals surface area contributed by atoms with E-state index >= 15 is 0 Å². The number of carbonyl (C=O) groups excluding carboxylic acids is 2. The molecule has 2 fully saturated rings. The van der Waals surface area contributed by atoms with E-state index in [-0.39, 0.29) is 30.3 Å². The number of amides is 2. The van der Waals surface area contributed by atoms with E-state index in [1.807, 2.05) is 45.9 Å². The lowest BCUT2D eigenvalue weighted by molar-refractivity contribution is -0.170. The van der Waals surface area contributed by atoms with Crippen molar-refractivity contribution in [1.29, 1.82) is 0 Å². The fraction of sp³-hybridized carbons (Fsp3) is 0.433. The Morgan fingerprint density at radius 2 is 1.91 bits per heavy atom. The van der Waals surface area contributed by atoms with Crippen molar-refractivity contribution in [1.82, 2.24) is 44.7 Å². The zero-order valence-electron chi connectivity index (χ0n) is 24.7. The number of likely N-dealkylation sites (N-methyl/N-ethyl adjacent to an activating group) is 1. The molecule has 2 aliphatic rings. The fourth-order valence-corrected chi connectivity index (χ4v) is 6.39. The molecule has 1 aliphatic carbocycles. The van der Waals surface area contributed by atoms with E-state index in [0.29, 0.717) is 49.7 Å². The average molecular weight is 587 g/mol. The van der Waals surface area contributed by atoms with Crippen LogP contribution in [0.3, 0.4) is 0 Å². The van der Waals surface area contributed by atoms with Gasteiger partial charge in [0.05, 0.1) is 18.4 Å². The quantitative estimate of drug-likeness (QED) is 0.330. The van der Waals surface area contributed by atoms with E-state index < -0.39 is 11.4 Å². The summed E-state index contributed by atoms with van der Waals surface area (Å²) in [4.78, 5) is 45.2. The van der Waals surface area contributed by atoms with Gasteiger partial charge < -0.3 is 15.1 Å². The van der Waals surface area contributed by atoms with Gasteiger partial charge >= 0.3 is 0 Å². The lowest BCUT2D eigenvalue weighted by Crippen LogP contribution is -2.69. The number of hydrogen-bond acceptors (Lipinski definition) is 8. The molecule has 5 heterocycles. The fourth-order valence-electron chi connectivity index (χ4n) is 6.39. The molecule has 224 valence electrons. The SMILES string of the molecule is CCN1C(=O)CN(C(C)c2ccc(-n3cc(F)cn3)nc2)C(=O)C12CCC(c1nc(C)cc(Nc3cc(C)[nH]n3)n1)CC2. The maximum atomic E-state index is 14.3. The summed E-state index contributed by atoms with van der Waals surface area (Å²) in [6.07, 6.45) is 6.43. The maximum absolute atomic E-state index is 14.3. The van der Waals surface area contributed by atoms with Gasteiger partial charge in [0.25, 0.3) is 0 Å². The summed E-state index contributed by atoms with van der Waals surface area (Å²) in [5, 5.41) is 14.4. The van der Waals surface area contributed by atoms with E-state index in [9.17, 15) is 14.0 Å². The first-order valence-electron chi connectivity index (χ1n) is 14.6. The van der Waals surface area contributed by atoms with Crippen molar-refractivity contribution in [3.8, 4) is 5.82 Å². The Morgan fingerprint density at radius 3 is 2.53 bits per heavy atom. The Kier molecular flexibility index (Phi) is 7.40. The number of aryl methyl sites for hydroxylation is 2. The molecule has 43 heavy (non-hydrogen) atoms. The minimum atomic E-state index is -0.910. The average Bonchev–Trinajstić information content (AvgIpc) is 3.62. The first kappa shape index (κ1) is 28.4. The number of nitrogens with zero attached hydrogens (tertiary/aromatic N) is 8. The van der Waals surface area contributed by atoms with E-state index in [0.717, 1.165) is 29.0 Å². The molecule has 6 rings (SSSR count). The normalized spacial score (nSPS) is 21.5. The standard InChI is InChI=1S/C30H35FN10O2/c1-5-40-27(42)17-39(20(4)22-6-7-26(32-14-22)41-16-23(31)15-33-41)29(43)30(40)10-8-21(9-11-30)28-34-18(2)12-24(36-28)35-25-13-19(3)37-38-25/h6-7,12-16,20-21H,5,8-11,17H2,1-4H3,(H2,34,35,36,37,38). The van der Waals surface area contributed by atoms with Gasteiger partial charge in [-0.05, 0) is 65.0 Å². The Bertz CT molecular complexity index is 1640. The van der Waals surface area contributed by atoms with Crippen molar-refractivity contribution >= 4 is 23.5 Å². The van der Waals surface area contributed by atoms with Crippen LogP contribution < -0.4 is 5.32 Å². The van der Waals surface area contributed by atoms with Gasteiger partial charge in [-0.3, -0.25) is 14.7 Å². The number of H-pyrrole nitrogens is 1. The molecule has 1 unspecified atom stereocenters. The van der Waals surface area contributed by atoms with Crippen molar-refractivity contribution in [3.05, 3.63) is 71.4 Å². The molecule has 4 aromatic rings. The molecule has 12 nitrogen and oxygen atoms in total. The van der Waals surface area contributed by atoms with E-state index in [4.69, 9.17) is 9.97 Å². The van der Waals surface area contributed by atoms with Crippen LogP contribution in [0, 0.1) is 19.7 Å². The highest BCUT2D eigenvalue weighted by Gasteiger charge is 2.54. The summed E-state index contributed by atoms with van der Waals surface area (Å²) in [6.45, 7) is 8.18. The zero-order valence-corrected chi connectivity index (χ0v) is 24.7. The Labute approximate surface area is 248 Å². The molecule has 1 spiro atoms. The van der Waals surface area contributed by atoms with Crippen molar-refractivity contribution in [2.75, 3.05) is 18.4 Å². The predicted octanol–water partition coefficient (Wildman–Crippen LogP) is 4.13. The Hall–Kier alpha value is -4.68. The number of aromatic nitrogens is 7. The van der Waals surface area contributed by atoms with Crippen molar-refractivity contribution in [3.63, 3.8) is 0 Å². The number of piperazine rings is 1. The van der Waals surface area contributed by atoms with Gasteiger partial charge in [0, 0.05) is 42.2 Å². The van der Waals surface area contributed by atoms with Gasteiger partial charge in [-0.1, -0.05) is 6.07 Å². The Balaban J connectivity index is 1.20. The highest BCUT2D eigenvalue weighted by molar-refractivity contribution is 5.98. The highest BCUT2D eigenvalue weighted by Crippen LogP contribution is 2.44. The molecule has 1 saturated heterocycles. The molecule has 0 bridgehead atoms. The van der Waals surface area contributed by atoms with Crippen LogP contribution in [-0.2, 0) is 9.59 Å². The number of anilines is 2. The van der Waals surface area contributed by atoms with Crippen molar-refractivity contribution < 1.29 is 14.0 Å². The lowest BCUT2D eigenvalue weighted by atomic mass is 9.73. The number of pyridine rings is 1. The number of carbonyl (C=O) groups is 2. The first-order chi connectivity index (χ1) is 20.7. The molecule has 2 N–H and O–H groups in total. The highest BCUT2D eigenvalue weighted by atomic mass is 19.1. The molecule has 13 heteroatoms. The molecular formula is C30H35FN10O2. The largest absolute Gasteiger partial charge is 0.327 e. The van der Waals surface area contributed by atoms with Crippen molar-refractivity contribution in [2.45, 2.75) is 70.9 Å². The number of rotatable bonds is 7. The van der Waals surface area contributed by atoms with Crippen LogP contribution in [0.1, 0.15) is 74.3 Å². The molecule has 4 aromatic heterocycles. The third kappa shape index (κ3) is 5.35. The number of nitrogens with one attached hydrogen (secondary N) is 2. The molecule has 2 amide bonds. The predicted molar refractivity (Wildman–Crippen MR) is 156 cm³/mol. The van der Waals surface area contributed by atoms with Gasteiger partial charge in [0.15, 0.2) is 17.5 Å². The minimum absolute atomic E-state index is 0.00776. The third-order valence-electron chi connectivity index (χ3n) is 8.62. The van der Waals surface area contributed by atoms with Crippen LogP contribution in [0.5, 0.6) is 0 Å². The van der Waals surface area contributed by atoms with Gasteiger partial charge in [0.2, 0.25) is 11.8 Å². The van der Waals surface area contributed by atoms with Gasteiger partial charge in [-0.15, -0.1) is 0 Å². The van der Waals surface area contributed by atoms with Gasteiger partial charge in [0.1, 0.15) is 23.7 Å². The van der Waals surface area contributed by atoms with Crippen LogP contribution in [0.4, 0.5) is 16.0 Å². The van der Waals surface area contributed by atoms with Crippen LogP contribution in [0.25, 0.3) is 5.82 Å². The second-order valence-corrected chi connectivity index (χ2v) is 11.4. The van der Waals surface area contributed by atoms with Crippen LogP contribution in [0.2, 0.25) is 0 Å². The van der Waals surface area contributed by atoms with Crippen LogP contribution in [0.15, 0.2) is 42.9 Å². The summed E-state index contributed by atoms with van der Waals surface area (Å²) < 4.78 is 14.8. The third-order valence-corrected chi connectivity index (χ3v) is 8.62.